The van der Waals surface area contributed by atoms with Crippen LogP contribution in [0.1, 0.15) is 22.7 Å². The van der Waals surface area contributed by atoms with E-state index >= 15 is 0 Å². The number of halogens is 1. The summed E-state index contributed by atoms with van der Waals surface area (Å²) in [5.74, 6) is -1.16. The number of hydrogen-bond donors (Lipinski definition) is 1. The van der Waals surface area contributed by atoms with E-state index in [2.05, 4.69) is 0 Å². The van der Waals surface area contributed by atoms with E-state index in [0.717, 1.165) is 16.3 Å². The molecule has 0 aromatic heterocycles. The summed E-state index contributed by atoms with van der Waals surface area (Å²) < 4.78 is 5.38. The molecule has 4 aromatic carbocycles. The van der Waals surface area contributed by atoms with Crippen LogP contribution in [0, 0.1) is 6.92 Å². The fourth-order valence-electron chi connectivity index (χ4n) is 4.45. The molecule has 174 valence electrons. The predicted octanol–water partition coefficient (Wildman–Crippen LogP) is 6.44. The van der Waals surface area contributed by atoms with Crippen LogP contribution in [0.4, 0.5) is 5.69 Å². The Labute approximate surface area is 207 Å². The highest BCUT2D eigenvalue weighted by Crippen LogP contribution is 2.43. The molecule has 0 bridgehead atoms. The Morgan fingerprint density at radius 3 is 2.43 bits per heavy atom. The number of fused-ring (bicyclic) bond motifs is 1. The largest absolute Gasteiger partial charge is 0.507 e. The number of ether oxygens (including phenoxy) is 1. The third-order valence-corrected chi connectivity index (χ3v) is 6.72. The van der Waals surface area contributed by atoms with Gasteiger partial charge in [0.25, 0.3) is 11.7 Å². The quantitative estimate of drug-likeness (QED) is 0.206. The topological polar surface area (TPSA) is 66.8 Å². The van der Waals surface area contributed by atoms with Crippen molar-refractivity contribution in [2.75, 3.05) is 12.0 Å². The van der Waals surface area contributed by atoms with E-state index in [1.54, 1.807) is 55.6 Å². The summed E-state index contributed by atoms with van der Waals surface area (Å²) in [6.07, 6.45) is 0. The first-order valence-electron chi connectivity index (χ1n) is 11.1. The average Bonchev–Trinajstić information content (AvgIpc) is 3.15. The van der Waals surface area contributed by atoms with E-state index in [4.69, 9.17) is 16.3 Å². The van der Waals surface area contributed by atoms with Crippen LogP contribution in [0.2, 0.25) is 5.02 Å². The van der Waals surface area contributed by atoms with E-state index in [-0.39, 0.29) is 11.3 Å². The van der Waals surface area contributed by atoms with Crippen molar-refractivity contribution in [3.63, 3.8) is 0 Å². The van der Waals surface area contributed by atoms with Crippen molar-refractivity contribution in [3.05, 3.63) is 112 Å². The molecule has 1 N–H and O–H groups in total. The van der Waals surface area contributed by atoms with Crippen LogP contribution in [0.3, 0.4) is 0 Å². The molecule has 0 saturated carbocycles. The van der Waals surface area contributed by atoms with Crippen LogP contribution in [-0.4, -0.2) is 23.9 Å². The molecule has 5 rings (SSSR count). The Morgan fingerprint density at radius 1 is 0.914 bits per heavy atom. The van der Waals surface area contributed by atoms with Gasteiger partial charge in [0.05, 0.1) is 18.7 Å². The third kappa shape index (κ3) is 3.94. The lowest BCUT2D eigenvalue weighted by molar-refractivity contribution is -0.132. The summed E-state index contributed by atoms with van der Waals surface area (Å²) in [5.41, 5.74) is 2.41. The van der Waals surface area contributed by atoms with Gasteiger partial charge in [-0.1, -0.05) is 66.2 Å². The molecule has 0 radical (unpaired) electrons. The number of aryl methyl sites for hydroxylation is 1. The molecule has 35 heavy (non-hydrogen) atoms. The Bertz CT molecular complexity index is 1520. The van der Waals surface area contributed by atoms with Gasteiger partial charge in [0, 0.05) is 16.3 Å². The van der Waals surface area contributed by atoms with Crippen molar-refractivity contribution in [2.45, 2.75) is 13.0 Å². The Hall–Kier alpha value is -4.09. The number of amides is 1. The van der Waals surface area contributed by atoms with Crippen LogP contribution in [-0.2, 0) is 9.59 Å². The first-order chi connectivity index (χ1) is 16.9. The maximum atomic E-state index is 13.4. The number of hydrogen-bond acceptors (Lipinski definition) is 4. The van der Waals surface area contributed by atoms with E-state index in [0.29, 0.717) is 27.6 Å². The van der Waals surface area contributed by atoms with Gasteiger partial charge >= 0.3 is 0 Å². The van der Waals surface area contributed by atoms with Gasteiger partial charge in [-0.2, -0.15) is 0 Å². The number of Topliss-reactive ketones (excluding diaryl/α,β-unsaturated/α-hetero) is 1. The van der Waals surface area contributed by atoms with Crippen LogP contribution in [0.15, 0.2) is 90.5 Å². The van der Waals surface area contributed by atoms with Crippen molar-refractivity contribution < 1.29 is 19.4 Å². The lowest BCUT2D eigenvalue weighted by Gasteiger charge is -2.26. The standard InChI is InChI=1S/C29H22ClNO4/c1-17-10-13-22(16-24(17)30)31-26(20-8-5-9-23(15-20)35-2)25(28(33)29(31)34)27(32)21-12-11-18-6-3-4-7-19(18)14-21/h3-16,26,32H,1-2H3/b27-25-. The lowest BCUT2D eigenvalue weighted by Crippen LogP contribution is -2.29. The minimum absolute atomic E-state index is 0.00947. The van der Waals surface area contributed by atoms with Gasteiger partial charge in [-0.25, -0.2) is 0 Å². The van der Waals surface area contributed by atoms with Crippen molar-refractivity contribution in [3.8, 4) is 5.75 Å². The summed E-state index contributed by atoms with van der Waals surface area (Å²) in [5, 5.41) is 13.8. The zero-order valence-corrected chi connectivity index (χ0v) is 19.9. The molecular weight excluding hydrogens is 462 g/mol. The Morgan fingerprint density at radius 2 is 1.69 bits per heavy atom. The molecule has 1 saturated heterocycles. The number of carbonyl (C=O) groups is 2. The van der Waals surface area contributed by atoms with Crippen LogP contribution in [0.5, 0.6) is 5.75 Å². The molecule has 1 unspecified atom stereocenters. The first kappa shape index (κ1) is 22.7. The summed E-state index contributed by atoms with van der Waals surface area (Å²) in [7, 11) is 1.55. The Balaban J connectivity index is 1.74. The number of methoxy groups -OCH3 is 1. The minimum atomic E-state index is -0.865. The fraction of sp³-hybridized carbons (Fsp3) is 0.103. The number of aliphatic hydroxyl groups is 1. The molecule has 0 aliphatic carbocycles. The number of anilines is 1. The minimum Gasteiger partial charge on any atom is -0.507 e. The van der Waals surface area contributed by atoms with E-state index in [9.17, 15) is 14.7 Å². The highest BCUT2D eigenvalue weighted by Gasteiger charge is 2.47. The number of ketones is 1. The predicted molar refractivity (Wildman–Crippen MR) is 138 cm³/mol. The third-order valence-electron chi connectivity index (χ3n) is 6.31. The van der Waals surface area contributed by atoms with E-state index in [1.807, 2.05) is 43.3 Å². The van der Waals surface area contributed by atoms with Crippen LogP contribution in [0.25, 0.3) is 16.5 Å². The van der Waals surface area contributed by atoms with Gasteiger partial charge in [0.1, 0.15) is 11.5 Å². The molecule has 1 amide bonds. The van der Waals surface area contributed by atoms with Gasteiger partial charge in [-0.05, 0) is 59.2 Å². The number of nitrogens with zero attached hydrogens (tertiary/aromatic N) is 1. The van der Waals surface area contributed by atoms with Gasteiger partial charge in [0.15, 0.2) is 0 Å². The monoisotopic (exact) mass is 483 g/mol. The van der Waals surface area contributed by atoms with Crippen molar-refractivity contribution in [2.24, 2.45) is 0 Å². The number of aliphatic hydroxyl groups excluding tert-OH is 1. The van der Waals surface area contributed by atoms with Gasteiger partial charge < -0.3 is 9.84 Å². The van der Waals surface area contributed by atoms with Gasteiger partial charge in [-0.15, -0.1) is 0 Å². The fourth-order valence-corrected chi connectivity index (χ4v) is 4.62. The highest BCUT2D eigenvalue weighted by molar-refractivity contribution is 6.51. The number of rotatable bonds is 4. The van der Waals surface area contributed by atoms with Crippen LogP contribution < -0.4 is 9.64 Å². The van der Waals surface area contributed by atoms with Gasteiger partial charge in [-0.3, -0.25) is 14.5 Å². The second-order valence-electron chi connectivity index (χ2n) is 8.44. The summed E-state index contributed by atoms with van der Waals surface area (Å²) in [6.45, 7) is 1.86. The number of benzene rings is 4. The second kappa shape index (κ2) is 8.93. The summed E-state index contributed by atoms with van der Waals surface area (Å²) >= 11 is 6.36. The van der Waals surface area contributed by atoms with E-state index < -0.39 is 17.7 Å². The normalized spacial score (nSPS) is 17.2. The molecular formula is C29H22ClNO4. The lowest BCUT2D eigenvalue weighted by atomic mass is 9.94. The van der Waals surface area contributed by atoms with E-state index in [1.165, 1.54) is 4.90 Å². The Kier molecular flexibility index (Phi) is 5.79. The zero-order valence-electron chi connectivity index (χ0n) is 19.2. The molecule has 1 heterocycles. The summed E-state index contributed by atoms with van der Waals surface area (Å²) in [4.78, 5) is 28.1. The molecule has 1 aliphatic rings. The molecule has 5 nitrogen and oxygen atoms in total. The molecule has 0 spiro atoms. The smallest absolute Gasteiger partial charge is 0.300 e. The SMILES string of the molecule is COc1cccc(C2/C(=C(/O)c3ccc4ccccc4c3)C(=O)C(=O)N2c2ccc(C)c(Cl)c2)c1. The van der Waals surface area contributed by atoms with Crippen molar-refractivity contribution >= 4 is 45.5 Å². The van der Waals surface area contributed by atoms with Gasteiger partial charge in [0.2, 0.25) is 0 Å². The highest BCUT2D eigenvalue weighted by atomic mass is 35.5. The second-order valence-corrected chi connectivity index (χ2v) is 8.85. The summed E-state index contributed by atoms with van der Waals surface area (Å²) in [6, 6.07) is 24.6. The average molecular weight is 484 g/mol. The molecule has 6 heteroatoms. The van der Waals surface area contributed by atoms with Crippen molar-refractivity contribution in [1.29, 1.82) is 0 Å². The molecule has 1 aliphatic heterocycles. The zero-order chi connectivity index (χ0) is 24.7. The molecule has 1 fully saturated rings. The molecule has 4 aromatic rings. The maximum Gasteiger partial charge on any atom is 0.300 e. The molecule has 1 atom stereocenters. The van der Waals surface area contributed by atoms with Crippen molar-refractivity contribution in [1.82, 2.24) is 0 Å². The van der Waals surface area contributed by atoms with Crippen LogP contribution >= 0.6 is 11.6 Å². The maximum absolute atomic E-state index is 13.4. The first-order valence-corrected chi connectivity index (χ1v) is 11.5. The number of carbonyl (C=O) groups excluding carboxylic acids is 2.